The predicted molar refractivity (Wildman–Crippen MR) is 107 cm³/mol. The number of methoxy groups -OCH3 is 2. The third-order valence-electron chi connectivity index (χ3n) is 4.42. The molecule has 0 aliphatic rings. The number of nitrogens with zero attached hydrogens (tertiary/aromatic N) is 2. The molecule has 0 aliphatic heterocycles. The molecule has 2 aromatic rings. The van der Waals surface area contributed by atoms with Crippen LogP contribution in [-0.2, 0) is 25.8 Å². The van der Waals surface area contributed by atoms with Crippen LogP contribution in [0.1, 0.15) is 36.4 Å². The average Bonchev–Trinajstić information content (AvgIpc) is 3.12. The Bertz CT molecular complexity index is 734. The predicted octanol–water partition coefficient (Wildman–Crippen LogP) is 2.72. The number of rotatable bonds is 9. The minimum absolute atomic E-state index is 0.645. The fourth-order valence-corrected chi connectivity index (χ4v) is 2.89. The molecule has 0 bridgehead atoms. The summed E-state index contributed by atoms with van der Waals surface area (Å²) in [6.07, 6.45) is 2.52. The maximum Gasteiger partial charge on any atom is 0.191 e. The lowest BCUT2D eigenvalue weighted by Crippen LogP contribution is -2.38. The number of aromatic nitrogens is 1. The van der Waals surface area contributed by atoms with E-state index in [1.807, 2.05) is 18.2 Å². The molecule has 2 N–H and O–H groups in total. The van der Waals surface area contributed by atoms with Gasteiger partial charge in [-0.2, -0.15) is 0 Å². The number of benzene rings is 1. The zero-order chi connectivity index (χ0) is 19.6. The Morgan fingerprint density at radius 3 is 2.52 bits per heavy atom. The molecule has 2 rings (SSSR count). The van der Waals surface area contributed by atoms with Crippen LogP contribution in [0, 0.1) is 0 Å². The van der Waals surface area contributed by atoms with Crippen LogP contribution in [0.15, 0.2) is 27.7 Å². The van der Waals surface area contributed by atoms with E-state index in [9.17, 15) is 0 Å². The topological polar surface area (TPSA) is 80.9 Å². The molecule has 0 fully saturated rings. The van der Waals surface area contributed by atoms with Crippen LogP contribution >= 0.6 is 0 Å². The molecule has 7 nitrogen and oxygen atoms in total. The molecule has 0 spiro atoms. The van der Waals surface area contributed by atoms with Gasteiger partial charge < -0.3 is 24.6 Å². The highest BCUT2D eigenvalue weighted by Gasteiger charge is 2.13. The summed E-state index contributed by atoms with van der Waals surface area (Å²) in [5.41, 5.74) is 3.29. The number of hydrogen-bond acceptors (Lipinski definition) is 5. The largest absolute Gasteiger partial charge is 0.493 e. The van der Waals surface area contributed by atoms with Gasteiger partial charge in [0.15, 0.2) is 17.5 Å². The van der Waals surface area contributed by atoms with Gasteiger partial charge in [-0.3, -0.25) is 4.99 Å². The van der Waals surface area contributed by atoms with Crippen LogP contribution in [-0.4, -0.2) is 38.9 Å². The third kappa shape index (κ3) is 5.39. The minimum Gasteiger partial charge on any atom is -0.493 e. The zero-order valence-electron chi connectivity index (χ0n) is 16.9. The van der Waals surface area contributed by atoms with Crippen LogP contribution < -0.4 is 20.1 Å². The quantitative estimate of drug-likeness (QED) is 0.519. The molecule has 1 heterocycles. The Morgan fingerprint density at radius 1 is 1.11 bits per heavy atom. The monoisotopic (exact) mass is 374 g/mol. The summed E-state index contributed by atoms with van der Waals surface area (Å²) in [6, 6.07) is 5.96. The molecule has 1 aromatic heterocycles. The Kier molecular flexibility index (Phi) is 7.98. The van der Waals surface area contributed by atoms with E-state index in [-0.39, 0.29) is 0 Å². The van der Waals surface area contributed by atoms with Gasteiger partial charge in [0.2, 0.25) is 0 Å². The second-order valence-corrected chi connectivity index (χ2v) is 6.03. The van der Waals surface area contributed by atoms with E-state index in [0.717, 1.165) is 65.8 Å². The summed E-state index contributed by atoms with van der Waals surface area (Å²) in [6.45, 7) is 5.54. The standard InChI is InChI=1S/C20H30N4O3/c1-6-16-15(17(7-2)27-24-16)13-23-20(21-3)22-11-10-14-8-9-18(25-4)19(12-14)26-5/h8-9,12H,6-7,10-11,13H2,1-5H3,(H2,21,22,23). The van der Waals surface area contributed by atoms with Gasteiger partial charge in [0.05, 0.1) is 19.9 Å². The first-order valence-corrected chi connectivity index (χ1v) is 9.28. The van der Waals surface area contributed by atoms with Crippen molar-refractivity contribution < 1.29 is 14.0 Å². The second-order valence-electron chi connectivity index (χ2n) is 6.03. The molecule has 0 radical (unpaired) electrons. The van der Waals surface area contributed by atoms with E-state index in [0.29, 0.717) is 6.54 Å². The second kappa shape index (κ2) is 10.4. The Morgan fingerprint density at radius 2 is 1.89 bits per heavy atom. The van der Waals surface area contributed by atoms with E-state index in [1.54, 1.807) is 21.3 Å². The van der Waals surface area contributed by atoms with E-state index in [2.05, 4.69) is 34.6 Å². The van der Waals surface area contributed by atoms with Crippen molar-refractivity contribution in [3.8, 4) is 11.5 Å². The summed E-state index contributed by atoms with van der Waals surface area (Å²) in [5.74, 6) is 3.16. The van der Waals surface area contributed by atoms with Crippen molar-refractivity contribution in [2.45, 2.75) is 39.7 Å². The first-order chi connectivity index (χ1) is 13.2. The highest BCUT2D eigenvalue weighted by molar-refractivity contribution is 5.79. The normalized spacial score (nSPS) is 11.4. The third-order valence-corrected chi connectivity index (χ3v) is 4.42. The molecule has 7 heteroatoms. The van der Waals surface area contributed by atoms with E-state index in [1.165, 1.54) is 0 Å². The number of hydrogen-bond donors (Lipinski definition) is 2. The first kappa shape index (κ1) is 20.6. The number of guanidine groups is 1. The van der Waals surface area contributed by atoms with Gasteiger partial charge >= 0.3 is 0 Å². The van der Waals surface area contributed by atoms with Crippen LogP contribution in [0.3, 0.4) is 0 Å². The SMILES string of the molecule is CCc1noc(CC)c1CNC(=NC)NCCc1ccc(OC)c(OC)c1. The average molecular weight is 374 g/mol. The lowest BCUT2D eigenvalue weighted by molar-refractivity contribution is 0.354. The van der Waals surface area contributed by atoms with Crippen LogP contribution in [0.2, 0.25) is 0 Å². The van der Waals surface area contributed by atoms with Crippen molar-refractivity contribution in [1.29, 1.82) is 0 Å². The number of nitrogens with one attached hydrogen (secondary N) is 2. The van der Waals surface area contributed by atoms with Crippen molar-refractivity contribution in [1.82, 2.24) is 15.8 Å². The van der Waals surface area contributed by atoms with Gasteiger partial charge in [-0.05, 0) is 30.5 Å². The summed E-state index contributed by atoms with van der Waals surface area (Å²) in [5, 5.41) is 10.8. The van der Waals surface area contributed by atoms with Crippen LogP contribution in [0.5, 0.6) is 11.5 Å². The lowest BCUT2D eigenvalue weighted by Gasteiger charge is -2.13. The summed E-state index contributed by atoms with van der Waals surface area (Å²) >= 11 is 0. The lowest BCUT2D eigenvalue weighted by atomic mass is 10.1. The fourth-order valence-electron chi connectivity index (χ4n) is 2.89. The molecule has 148 valence electrons. The van der Waals surface area contributed by atoms with Crippen molar-refractivity contribution >= 4 is 5.96 Å². The molecule has 0 saturated carbocycles. The molecule has 0 atom stereocenters. The number of aliphatic imine (C=N–C) groups is 1. The van der Waals surface area contributed by atoms with E-state index < -0.39 is 0 Å². The highest BCUT2D eigenvalue weighted by atomic mass is 16.5. The van der Waals surface area contributed by atoms with Gasteiger partial charge in [0.25, 0.3) is 0 Å². The van der Waals surface area contributed by atoms with Gasteiger partial charge in [-0.25, -0.2) is 0 Å². The summed E-state index contributed by atoms with van der Waals surface area (Å²) in [4.78, 5) is 4.29. The van der Waals surface area contributed by atoms with Gasteiger partial charge in [-0.1, -0.05) is 25.1 Å². The molecule has 0 saturated heterocycles. The Balaban J connectivity index is 1.88. The Hall–Kier alpha value is -2.70. The van der Waals surface area contributed by atoms with Crippen LogP contribution in [0.4, 0.5) is 0 Å². The maximum absolute atomic E-state index is 5.41. The van der Waals surface area contributed by atoms with Crippen molar-refractivity contribution in [2.75, 3.05) is 27.8 Å². The summed E-state index contributed by atoms with van der Waals surface area (Å²) in [7, 11) is 5.05. The van der Waals surface area contributed by atoms with Gasteiger partial charge in [0, 0.05) is 32.1 Å². The highest BCUT2D eigenvalue weighted by Crippen LogP contribution is 2.27. The van der Waals surface area contributed by atoms with Crippen molar-refractivity contribution in [3.05, 3.63) is 40.8 Å². The molecule has 0 unspecified atom stereocenters. The number of ether oxygens (including phenoxy) is 2. The molecule has 0 amide bonds. The molecule has 1 aromatic carbocycles. The van der Waals surface area contributed by atoms with Crippen LogP contribution in [0.25, 0.3) is 0 Å². The Labute approximate surface area is 161 Å². The minimum atomic E-state index is 0.645. The summed E-state index contributed by atoms with van der Waals surface area (Å²) < 4.78 is 16.0. The maximum atomic E-state index is 5.41. The number of aryl methyl sites for hydroxylation is 2. The molecular weight excluding hydrogens is 344 g/mol. The molecule has 27 heavy (non-hydrogen) atoms. The van der Waals surface area contributed by atoms with Crippen molar-refractivity contribution in [2.24, 2.45) is 4.99 Å². The van der Waals surface area contributed by atoms with E-state index >= 15 is 0 Å². The van der Waals surface area contributed by atoms with Gasteiger partial charge in [-0.15, -0.1) is 0 Å². The smallest absolute Gasteiger partial charge is 0.191 e. The first-order valence-electron chi connectivity index (χ1n) is 9.28. The van der Waals surface area contributed by atoms with E-state index in [4.69, 9.17) is 14.0 Å². The van der Waals surface area contributed by atoms with Crippen molar-refractivity contribution in [3.63, 3.8) is 0 Å². The molecular formula is C20H30N4O3. The molecule has 0 aliphatic carbocycles. The fraction of sp³-hybridized carbons (Fsp3) is 0.500. The van der Waals surface area contributed by atoms with Gasteiger partial charge in [0.1, 0.15) is 5.76 Å². The zero-order valence-corrected chi connectivity index (χ0v) is 16.9.